The lowest BCUT2D eigenvalue weighted by Gasteiger charge is -1.96. The number of carbonyl (C=O) groups excluding carboxylic acids is 1. The van der Waals surface area contributed by atoms with E-state index < -0.39 is 0 Å². The lowest BCUT2D eigenvalue weighted by molar-refractivity contribution is 0.104. The molecule has 11 heavy (non-hydrogen) atoms. The second-order valence-electron chi connectivity index (χ2n) is 2.25. The largest absolute Gasteiger partial charge is 0.294 e. The van der Waals surface area contributed by atoms with Gasteiger partial charge in [0.25, 0.3) is 0 Å². The first-order valence-corrected chi connectivity index (χ1v) is 3.78. The SMILES string of the molecule is [CH2]C(=O)c1ccc(CCl)cc1. The molecule has 0 aliphatic rings. The quantitative estimate of drug-likeness (QED) is 0.489. The zero-order chi connectivity index (χ0) is 8.27. The van der Waals surface area contributed by atoms with E-state index in [-0.39, 0.29) is 5.78 Å². The Hall–Kier alpha value is -0.820. The molecule has 1 aromatic rings. The van der Waals surface area contributed by atoms with Crippen molar-refractivity contribution in [1.29, 1.82) is 0 Å². The second kappa shape index (κ2) is 3.54. The molecule has 0 fully saturated rings. The van der Waals surface area contributed by atoms with Gasteiger partial charge in [0.05, 0.1) is 0 Å². The molecule has 1 radical (unpaired) electrons. The van der Waals surface area contributed by atoms with Crippen molar-refractivity contribution in [3.8, 4) is 0 Å². The van der Waals surface area contributed by atoms with Crippen molar-refractivity contribution in [2.24, 2.45) is 0 Å². The molecule has 0 heterocycles. The molecular weight excluding hydrogens is 160 g/mol. The van der Waals surface area contributed by atoms with E-state index in [0.29, 0.717) is 11.4 Å². The van der Waals surface area contributed by atoms with E-state index in [0.717, 1.165) is 5.56 Å². The summed E-state index contributed by atoms with van der Waals surface area (Å²) in [6.45, 7) is 3.29. The van der Waals surface area contributed by atoms with Crippen molar-refractivity contribution >= 4 is 17.4 Å². The smallest absolute Gasteiger partial charge is 0.163 e. The molecule has 0 aliphatic heterocycles. The van der Waals surface area contributed by atoms with Gasteiger partial charge in [0.15, 0.2) is 5.78 Å². The van der Waals surface area contributed by atoms with Crippen LogP contribution in [-0.2, 0) is 5.88 Å². The summed E-state index contributed by atoms with van der Waals surface area (Å²) in [6, 6.07) is 7.11. The highest BCUT2D eigenvalue weighted by molar-refractivity contribution is 6.17. The molecule has 0 bridgehead atoms. The maximum absolute atomic E-state index is 10.7. The molecule has 0 unspecified atom stereocenters. The highest BCUT2D eigenvalue weighted by Gasteiger charge is 1.97. The molecule has 0 aromatic heterocycles. The van der Waals surface area contributed by atoms with Crippen LogP contribution >= 0.6 is 11.6 Å². The van der Waals surface area contributed by atoms with E-state index in [2.05, 4.69) is 6.92 Å². The standard InChI is InChI=1S/C9H8ClO/c1-7(11)9-4-2-8(6-10)3-5-9/h2-5H,1,6H2. The van der Waals surface area contributed by atoms with Crippen LogP contribution in [0.15, 0.2) is 24.3 Å². The Bertz CT molecular complexity index is 251. The molecule has 0 saturated carbocycles. The first-order valence-electron chi connectivity index (χ1n) is 3.25. The highest BCUT2D eigenvalue weighted by Crippen LogP contribution is 2.06. The van der Waals surface area contributed by atoms with Gasteiger partial charge in [0, 0.05) is 18.4 Å². The minimum Gasteiger partial charge on any atom is -0.294 e. The number of Topliss-reactive ketones (excluding diaryl/α,β-unsaturated/α-hetero) is 1. The fourth-order valence-corrected chi connectivity index (χ4v) is 0.958. The maximum atomic E-state index is 10.7. The Labute approximate surface area is 71.0 Å². The van der Waals surface area contributed by atoms with Crippen LogP contribution < -0.4 is 0 Å². The van der Waals surface area contributed by atoms with Crippen molar-refractivity contribution in [2.45, 2.75) is 5.88 Å². The molecule has 0 saturated heterocycles. The predicted octanol–water partition coefficient (Wildman–Crippen LogP) is 2.44. The third-order valence-corrected chi connectivity index (χ3v) is 1.74. The molecule has 0 atom stereocenters. The average molecular weight is 168 g/mol. The van der Waals surface area contributed by atoms with Gasteiger partial charge in [0.1, 0.15) is 0 Å². The van der Waals surface area contributed by atoms with Crippen molar-refractivity contribution in [2.75, 3.05) is 0 Å². The highest BCUT2D eigenvalue weighted by atomic mass is 35.5. The van der Waals surface area contributed by atoms with Gasteiger partial charge in [-0.25, -0.2) is 0 Å². The number of ketones is 1. The van der Waals surface area contributed by atoms with Crippen LogP contribution in [0.2, 0.25) is 0 Å². The molecule has 1 rings (SSSR count). The molecule has 0 aliphatic carbocycles. The third kappa shape index (κ3) is 2.05. The maximum Gasteiger partial charge on any atom is 0.163 e. The number of alkyl halides is 1. The van der Waals surface area contributed by atoms with Gasteiger partial charge in [0.2, 0.25) is 0 Å². The Kier molecular flexibility index (Phi) is 2.66. The molecule has 1 aromatic carbocycles. The van der Waals surface area contributed by atoms with E-state index in [4.69, 9.17) is 11.6 Å². The van der Waals surface area contributed by atoms with E-state index in [9.17, 15) is 4.79 Å². The Morgan fingerprint density at radius 2 is 1.91 bits per heavy atom. The lowest BCUT2D eigenvalue weighted by atomic mass is 10.1. The van der Waals surface area contributed by atoms with Crippen LogP contribution in [0.1, 0.15) is 15.9 Å². The van der Waals surface area contributed by atoms with Gasteiger partial charge in [-0.2, -0.15) is 0 Å². The zero-order valence-electron chi connectivity index (χ0n) is 6.01. The average Bonchev–Trinajstić information content (AvgIpc) is 2.05. The summed E-state index contributed by atoms with van der Waals surface area (Å²) >= 11 is 5.56. The second-order valence-corrected chi connectivity index (χ2v) is 2.52. The minimum absolute atomic E-state index is 0.161. The van der Waals surface area contributed by atoms with E-state index in [1.54, 1.807) is 12.1 Å². The Morgan fingerprint density at radius 1 is 1.36 bits per heavy atom. The summed E-state index contributed by atoms with van der Waals surface area (Å²) in [5.74, 6) is 0.317. The Balaban J connectivity index is 2.91. The summed E-state index contributed by atoms with van der Waals surface area (Å²) in [5.41, 5.74) is 1.63. The van der Waals surface area contributed by atoms with Crippen molar-refractivity contribution < 1.29 is 4.79 Å². The monoisotopic (exact) mass is 167 g/mol. The van der Waals surface area contributed by atoms with E-state index >= 15 is 0 Å². The van der Waals surface area contributed by atoms with Crippen LogP contribution in [0.25, 0.3) is 0 Å². The number of hydrogen-bond donors (Lipinski definition) is 0. The molecule has 0 N–H and O–H groups in total. The predicted molar refractivity (Wildman–Crippen MR) is 45.7 cm³/mol. The number of benzene rings is 1. The van der Waals surface area contributed by atoms with Gasteiger partial charge in [-0.1, -0.05) is 24.3 Å². The number of carbonyl (C=O) groups is 1. The van der Waals surface area contributed by atoms with E-state index in [1.165, 1.54) is 0 Å². The van der Waals surface area contributed by atoms with Crippen molar-refractivity contribution in [3.63, 3.8) is 0 Å². The molecule has 0 spiro atoms. The van der Waals surface area contributed by atoms with Crippen molar-refractivity contribution in [3.05, 3.63) is 42.3 Å². The number of rotatable bonds is 2. The number of hydrogen-bond acceptors (Lipinski definition) is 1. The fraction of sp³-hybridized carbons (Fsp3) is 0.111. The van der Waals surface area contributed by atoms with Gasteiger partial charge >= 0.3 is 0 Å². The van der Waals surface area contributed by atoms with Crippen LogP contribution in [0, 0.1) is 6.92 Å². The topological polar surface area (TPSA) is 17.1 Å². The lowest BCUT2D eigenvalue weighted by Crippen LogP contribution is -1.91. The summed E-state index contributed by atoms with van der Waals surface area (Å²) in [7, 11) is 0. The van der Waals surface area contributed by atoms with E-state index in [1.807, 2.05) is 12.1 Å². The number of halogens is 1. The molecule has 1 nitrogen and oxygen atoms in total. The first kappa shape index (κ1) is 8.28. The summed E-state index contributed by atoms with van der Waals surface area (Å²) in [4.78, 5) is 10.7. The first-order chi connectivity index (χ1) is 5.24. The van der Waals surface area contributed by atoms with Gasteiger partial charge in [-0.3, -0.25) is 4.79 Å². The van der Waals surface area contributed by atoms with Gasteiger partial charge < -0.3 is 0 Å². The minimum atomic E-state index is -0.161. The normalized spacial score (nSPS) is 9.64. The zero-order valence-corrected chi connectivity index (χ0v) is 6.77. The van der Waals surface area contributed by atoms with Gasteiger partial charge in [-0.05, 0) is 5.56 Å². The molecule has 2 heteroatoms. The molecule has 0 amide bonds. The summed E-state index contributed by atoms with van der Waals surface area (Å²) < 4.78 is 0. The van der Waals surface area contributed by atoms with Crippen LogP contribution in [0.5, 0.6) is 0 Å². The van der Waals surface area contributed by atoms with Crippen molar-refractivity contribution in [1.82, 2.24) is 0 Å². The fourth-order valence-electron chi connectivity index (χ4n) is 0.780. The summed E-state index contributed by atoms with van der Waals surface area (Å²) in [5, 5.41) is 0. The molecule has 57 valence electrons. The Morgan fingerprint density at radius 3 is 2.27 bits per heavy atom. The third-order valence-electron chi connectivity index (χ3n) is 1.43. The molecular formula is C9H8ClO. The van der Waals surface area contributed by atoms with Crippen LogP contribution in [0.4, 0.5) is 0 Å². The van der Waals surface area contributed by atoms with Crippen LogP contribution in [0.3, 0.4) is 0 Å². The van der Waals surface area contributed by atoms with Gasteiger partial charge in [-0.15, -0.1) is 11.6 Å². The summed E-state index contributed by atoms with van der Waals surface area (Å²) in [6.07, 6.45) is 0. The van der Waals surface area contributed by atoms with Crippen LogP contribution in [-0.4, -0.2) is 5.78 Å².